The van der Waals surface area contributed by atoms with Crippen molar-refractivity contribution < 1.29 is 29.2 Å². The molecule has 0 radical (unpaired) electrons. The standard InChI is InChI=1S/C21H32O6/c1-19(2)16(23)7-8-20(3)15(21(11-27-21)9-13(22)17(19)20)6-5-12(14-10-26-14)18(24)25-4/h5,13-17,22-23H,6-11H2,1-4H3/b12-5+/t13-,14?,15-,16+,17+,20-,21-/m1/s1. The summed E-state index contributed by atoms with van der Waals surface area (Å²) in [5, 5.41) is 21.6. The van der Waals surface area contributed by atoms with Crippen molar-refractivity contribution in [3.63, 3.8) is 0 Å². The number of epoxide rings is 2. The van der Waals surface area contributed by atoms with Gasteiger partial charge in [-0.15, -0.1) is 0 Å². The smallest absolute Gasteiger partial charge is 0.336 e. The first kappa shape index (κ1) is 19.4. The molecule has 0 aromatic heterocycles. The van der Waals surface area contributed by atoms with E-state index in [-0.39, 0.29) is 40.3 Å². The van der Waals surface area contributed by atoms with Crippen LogP contribution in [0.1, 0.15) is 46.5 Å². The number of carbonyl (C=O) groups excluding carboxylic acids is 1. The zero-order valence-electron chi connectivity index (χ0n) is 16.7. The third-order valence-corrected chi connectivity index (χ3v) is 7.89. The van der Waals surface area contributed by atoms with E-state index in [0.29, 0.717) is 31.6 Å². The quantitative estimate of drug-likeness (QED) is 0.439. The number of esters is 1. The fraction of sp³-hybridized carbons (Fsp3) is 0.857. The third kappa shape index (κ3) is 2.96. The molecule has 2 heterocycles. The van der Waals surface area contributed by atoms with Gasteiger partial charge in [0.05, 0.1) is 43.7 Å². The SMILES string of the molecule is COC(=O)/C(=C/C[C@H]1[C@]2(CO2)C[C@@H](O)[C@H]2C(C)(C)[C@@H](O)CC[C@@]21C)C1CO1. The maximum absolute atomic E-state index is 12.1. The average molecular weight is 380 g/mol. The Kier molecular flexibility index (Phi) is 4.50. The lowest BCUT2D eigenvalue weighted by molar-refractivity contribution is -0.198. The molecule has 6 heteroatoms. The number of aliphatic hydroxyl groups excluding tert-OH is 2. The van der Waals surface area contributed by atoms with Crippen LogP contribution in [0.5, 0.6) is 0 Å². The van der Waals surface area contributed by atoms with Crippen molar-refractivity contribution in [2.24, 2.45) is 22.7 Å². The van der Waals surface area contributed by atoms with Gasteiger partial charge >= 0.3 is 5.97 Å². The van der Waals surface area contributed by atoms with Gasteiger partial charge in [0.1, 0.15) is 6.10 Å². The predicted molar refractivity (Wildman–Crippen MR) is 97.9 cm³/mol. The molecule has 1 unspecified atom stereocenters. The van der Waals surface area contributed by atoms with Gasteiger partial charge in [0.2, 0.25) is 0 Å². The molecule has 2 aliphatic heterocycles. The fourth-order valence-electron chi connectivity index (χ4n) is 6.41. The molecule has 152 valence electrons. The molecule has 4 rings (SSSR count). The number of ether oxygens (including phenoxy) is 3. The number of aliphatic hydroxyl groups is 2. The van der Waals surface area contributed by atoms with Gasteiger partial charge in [-0.1, -0.05) is 26.8 Å². The molecule has 27 heavy (non-hydrogen) atoms. The normalized spacial score (nSPS) is 48.1. The molecule has 4 fully saturated rings. The summed E-state index contributed by atoms with van der Waals surface area (Å²) in [5.41, 5.74) is -0.255. The Morgan fingerprint density at radius 3 is 2.52 bits per heavy atom. The average Bonchev–Trinajstić information content (AvgIpc) is 3.50. The summed E-state index contributed by atoms with van der Waals surface area (Å²) in [6, 6.07) is 0. The highest BCUT2D eigenvalue weighted by Gasteiger charge is 2.68. The van der Waals surface area contributed by atoms with Crippen LogP contribution in [0.25, 0.3) is 0 Å². The molecule has 0 amide bonds. The molecule has 6 nitrogen and oxygen atoms in total. The Bertz CT molecular complexity index is 647. The summed E-state index contributed by atoms with van der Waals surface area (Å²) in [7, 11) is 1.39. The van der Waals surface area contributed by atoms with Crippen LogP contribution in [0.4, 0.5) is 0 Å². The van der Waals surface area contributed by atoms with Crippen molar-refractivity contribution in [1.29, 1.82) is 0 Å². The lowest BCUT2D eigenvalue weighted by Gasteiger charge is -2.61. The van der Waals surface area contributed by atoms with Crippen LogP contribution in [-0.4, -0.2) is 60.4 Å². The summed E-state index contributed by atoms with van der Waals surface area (Å²) in [6.07, 6.45) is 3.75. The van der Waals surface area contributed by atoms with Crippen LogP contribution in [0, 0.1) is 22.7 Å². The second kappa shape index (κ2) is 6.28. The Morgan fingerprint density at radius 1 is 1.30 bits per heavy atom. The molecular formula is C21H32O6. The molecule has 0 aromatic rings. The first-order valence-electron chi connectivity index (χ1n) is 10.1. The highest BCUT2D eigenvalue weighted by atomic mass is 16.6. The number of allylic oxidation sites excluding steroid dienone is 1. The highest BCUT2D eigenvalue weighted by Crippen LogP contribution is 2.66. The van der Waals surface area contributed by atoms with Crippen molar-refractivity contribution in [1.82, 2.24) is 0 Å². The number of rotatable bonds is 4. The molecule has 2 saturated heterocycles. The van der Waals surface area contributed by atoms with Crippen molar-refractivity contribution in [3.05, 3.63) is 11.6 Å². The van der Waals surface area contributed by atoms with E-state index in [0.717, 1.165) is 12.8 Å². The molecular weight excluding hydrogens is 348 g/mol. The Hall–Kier alpha value is -0.950. The maximum atomic E-state index is 12.1. The lowest BCUT2D eigenvalue weighted by Crippen LogP contribution is -2.63. The van der Waals surface area contributed by atoms with Crippen molar-refractivity contribution in [3.8, 4) is 0 Å². The van der Waals surface area contributed by atoms with E-state index in [1.165, 1.54) is 7.11 Å². The first-order chi connectivity index (χ1) is 12.7. The summed E-state index contributed by atoms with van der Waals surface area (Å²) in [6.45, 7) is 7.59. The van der Waals surface area contributed by atoms with E-state index in [9.17, 15) is 15.0 Å². The van der Waals surface area contributed by atoms with Crippen LogP contribution in [-0.2, 0) is 19.0 Å². The molecule has 2 saturated carbocycles. The topological polar surface area (TPSA) is 91.8 Å². The second-order valence-electron chi connectivity index (χ2n) is 9.75. The van der Waals surface area contributed by atoms with Crippen LogP contribution < -0.4 is 0 Å². The van der Waals surface area contributed by atoms with E-state index >= 15 is 0 Å². The zero-order chi connectivity index (χ0) is 19.6. The van der Waals surface area contributed by atoms with Gasteiger partial charge in [-0.25, -0.2) is 4.79 Å². The van der Waals surface area contributed by atoms with Gasteiger partial charge in [-0.05, 0) is 41.9 Å². The second-order valence-corrected chi connectivity index (χ2v) is 9.75. The monoisotopic (exact) mass is 380 g/mol. The highest BCUT2D eigenvalue weighted by molar-refractivity contribution is 5.90. The van der Waals surface area contributed by atoms with E-state index in [1.807, 2.05) is 6.08 Å². The van der Waals surface area contributed by atoms with Crippen molar-refractivity contribution >= 4 is 5.97 Å². The molecule has 4 aliphatic rings. The van der Waals surface area contributed by atoms with Crippen molar-refractivity contribution in [2.45, 2.75) is 70.4 Å². The Balaban J connectivity index is 1.67. The molecule has 2 aliphatic carbocycles. The predicted octanol–water partition coefficient (Wildman–Crippen LogP) is 1.83. The van der Waals surface area contributed by atoms with E-state index < -0.39 is 12.2 Å². The molecule has 0 bridgehead atoms. The minimum absolute atomic E-state index is 0.0132. The summed E-state index contributed by atoms with van der Waals surface area (Å²) >= 11 is 0. The number of hydrogen-bond acceptors (Lipinski definition) is 6. The molecule has 1 spiro atoms. The van der Waals surface area contributed by atoms with Gasteiger partial charge in [0, 0.05) is 6.42 Å². The largest absolute Gasteiger partial charge is 0.466 e. The van der Waals surface area contributed by atoms with Crippen LogP contribution in [0.3, 0.4) is 0 Å². The van der Waals surface area contributed by atoms with E-state index in [2.05, 4.69) is 20.8 Å². The maximum Gasteiger partial charge on any atom is 0.336 e. The van der Waals surface area contributed by atoms with Crippen LogP contribution in [0.2, 0.25) is 0 Å². The first-order valence-corrected chi connectivity index (χ1v) is 10.1. The number of fused-ring (bicyclic) bond motifs is 1. The zero-order valence-corrected chi connectivity index (χ0v) is 16.7. The Labute approximate surface area is 160 Å². The van der Waals surface area contributed by atoms with Gasteiger partial charge in [0.25, 0.3) is 0 Å². The molecule has 2 N–H and O–H groups in total. The van der Waals surface area contributed by atoms with Gasteiger partial charge < -0.3 is 24.4 Å². The third-order valence-electron chi connectivity index (χ3n) is 7.89. The minimum Gasteiger partial charge on any atom is -0.466 e. The van der Waals surface area contributed by atoms with Gasteiger partial charge in [-0.3, -0.25) is 0 Å². The lowest BCUT2D eigenvalue weighted by atomic mass is 9.44. The van der Waals surface area contributed by atoms with Crippen LogP contribution in [0.15, 0.2) is 11.6 Å². The molecule has 7 atom stereocenters. The minimum atomic E-state index is -0.491. The number of carbonyl (C=O) groups is 1. The molecule has 0 aromatic carbocycles. The van der Waals surface area contributed by atoms with Gasteiger partial charge in [-0.2, -0.15) is 0 Å². The summed E-state index contributed by atoms with van der Waals surface area (Å²) in [5.74, 6) is -0.162. The van der Waals surface area contributed by atoms with Crippen molar-refractivity contribution in [2.75, 3.05) is 20.3 Å². The number of hydrogen-bond donors (Lipinski definition) is 2. The van der Waals surface area contributed by atoms with Gasteiger partial charge in [0.15, 0.2) is 0 Å². The van der Waals surface area contributed by atoms with E-state index in [1.54, 1.807) is 0 Å². The number of methoxy groups -OCH3 is 1. The Morgan fingerprint density at radius 2 is 1.96 bits per heavy atom. The van der Waals surface area contributed by atoms with E-state index in [4.69, 9.17) is 14.2 Å². The summed E-state index contributed by atoms with van der Waals surface area (Å²) < 4.78 is 16.2. The summed E-state index contributed by atoms with van der Waals surface area (Å²) in [4.78, 5) is 12.1. The fourth-order valence-corrected chi connectivity index (χ4v) is 6.41. The van der Waals surface area contributed by atoms with Crippen LogP contribution >= 0.6 is 0 Å².